The van der Waals surface area contributed by atoms with E-state index in [9.17, 15) is 4.79 Å². The van der Waals surface area contributed by atoms with Gasteiger partial charge in [0, 0.05) is 5.56 Å². The molecule has 0 aliphatic carbocycles. The van der Waals surface area contributed by atoms with Crippen molar-refractivity contribution in [3.8, 4) is 0 Å². The van der Waals surface area contributed by atoms with Crippen molar-refractivity contribution in [2.75, 3.05) is 0 Å². The predicted octanol–water partition coefficient (Wildman–Crippen LogP) is 3.32. The molecule has 0 aromatic heterocycles. The molecule has 0 atom stereocenters. The molecule has 0 radical (unpaired) electrons. The van der Waals surface area contributed by atoms with E-state index in [4.69, 9.17) is 13.1 Å². The first kappa shape index (κ1) is 9.44. The highest BCUT2D eigenvalue weighted by Crippen LogP contribution is 2.29. The highest BCUT2D eigenvalue weighted by molar-refractivity contribution is 9.18. The van der Waals surface area contributed by atoms with Crippen LogP contribution >= 0.6 is 15.9 Å². The van der Waals surface area contributed by atoms with Gasteiger partial charge in [-0.2, -0.15) is 0 Å². The highest BCUT2D eigenvalue weighted by Gasteiger charge is 2.06. The van der Waals surface area contributed by atoms with Crippen LogP contribution < -0.4 is 0 Å². The van der Waals surface area contributed by atoms with Gasteiger partial charge in [-0.25, -0.2) is 0 Å². The van der Waals surface area contributed by atoms with Crippen molar-refractivity contribution in [3.05, 3.63) is 46.6 Å². The van der Waals surface area contributed by atoms with Crippen LogP contribution in [0.2, 0.25) is 0 Å². The van der Waals surface area contributed by atoms with Gasteiger partial charge in [-0.1, -0.05) is 18.2 Å². The van der Waals surface area contributed by atoms with Crippen molar-refractivity contribution >= 4 is 32.0 Å². The maximum Gasteiger partial charge on any atom is 0.226 e. The van der Waals surface area contributed by atoms with Gasteiger partial charge in [0.25, 0.3) is 0 Å². The molecule has 1 aromatic carbocycles. The number of hydrogen-bond donors (Lipinski definition) is 0. The first-order valence-corrected chi connectivity index (χ1v) is 4.07. The Labute approximate surface area is 83.8 Å². The number of halogens is 1. The smallest absolute Gasteiger partial charge is 0.226 e. The second kappa shape index (κ2) is 3.84. The topological polar surface area (TPSA) is 25.8 Å². The van der Waals surface area contributed by atoms with Crippen molar-refractivity contribution in [1.29, 1.82) is 0 Å². The molecule has 0 saturated heterocycles. The number of carbonyl (C=O) groups is 1. The third kappa shape index (κ3) is 1.93. The third-order valence-corrected chi connectivity index (χ3v) is 1.90. The van der Waals surface area contributed by atoms with E-state index in [-0.39, 0.29) is 16.1 Å². The molecule has 0 spiro atoms. The van der Waals surface area contributed by atoms with Gasteiger partial charge in [0.2, 0.25) is 4.69 Å². The fourth-order valence-electron chi connectivity index (χ4n) is 0.830. The lowest BCUT2D eigenvalue weighted by Gasteiger charge is -1.96. The van der Waals surface area contributed by atoms with Gasteiger partial charge in [0.15, 0.2) is 11.4 Å². The minimum Gasteiger partial charge on any atom is -0.281 e. The van der Waals surface area contributed by atoms with Crippen molar-refractivity contribution < 1.29 is 4.79 Å². The quantitative estimate of drug-likeness (QED) is 0.541. The lowest BCUT2D eigenvalue weighted by atomic mass is 10.2. The molecule has 3 nitrogen and oxygen atoms in total. The van der Waals surface area contributed by atoms with E-state index in [2.05, 4.69) is 25.6 Å². The van der Waals surface area contributed by atoms with Crippen LogP contribution in [0.25, 0.3) is 9.69 Å². The van der Waals surface area contributed by atoms with Crippen LogP contribution in [0.15, 0.2) is 18.2 Å². The number of hydrogen-bond acceptors (Lipinski definition) is 1. The second-order valence-electron chi connectivity index (χ2n) is 2.20. The molecule has 13 heavy (non-hydrogen) atoms. The zero-order chi connectivity index (χ0) is 9.84. The minimum atomic E-state index is -0.283. The predicted molar refractivity (Wildman–Crippen MR) is 52.2 cm³/mol. The summed E-state index contributed by atoms with van der Waals surface area (Å²) in [7, 11) is 0. The van der Waals surface area contributed by atoms with E-state index in [0.29, 0.717) is 5.56 Å². The second-order valence-corrected chi connectivity index (χ2v) is 2.92. The maximum atomic E-state index is 10.8. The lowest BCUT2D eigenvalue weighted by molar-refractivity contribution is 0.109. The van der Waals surface area contributed by atoms with Gasteiger partial charge >= 0.3 is 0 Å². The van der Waals surface area contributed by atoms with Crippen LogP contribution in [-0.2, 0) is 0 Å². The van der Waals surface area contributed by atoms with E-state index in [0.717, 1.165) is 0 Å². The Morgan fingerprint density at radius 3 is 2.31 bits per heavy atom. The Bertz CT molecular complexity index is 440. The summed E-state index contributed by atoms with van der Waals surface area (Å²) in [4.78, 5) is 17.1. The number of benzene rings is 1. The lowest BCUT2D eigenvalue weighted by Crippen LogP contribution is -1.85. The molecule has 0 fully saturated rings. The SMILES string of the molecule is [C-]#[N+]c1ccc(C(=O)Br)cc1[N+]#[C-]. The van der Waals surface area contributed by atoms with E-state index >= 15 is 0 Å². The Morgan fingerprint density at radius 1 is 1.23 bits per heavy atom. The minimum absolute atomic E-state index is 0.209. The molecule has 4 heteroatoms. The summed E-state index contributed by atoms with van der Waals surface area (Å²) in [6, 6.07) is 4.38. The molecule has 0 N–H and O–H groups in total. The van der Waals surface area contributed by atoms with E-state index in [1.165, 1.54) is 18.2 Å². The third-order valence-electron chi connectivity index (χ3n) is 1.44. The molecule has 0 unspecified atom stereocenters. The summed E-state index contributed by atoms with van der Waals surface area (Å²) in [6.45, 7) is 13.5. The van der Waals surface area contributed by atoms with Crippen molar-refractivity contribution in [2.24, 2.45) is 0 Å². The average molecular weight is 235 g/mol. The molecule has 0 bridgehead atoms. The molecule has 0 aliphatic heterocycles. The number of nitrogens with zero attached hydrogens (tertiary/aromatic N) is 2. The van der Waals surface area contributed by atoms with E-state index in [1.807, 2.05) is 0 Å². The van der Waals surface area contributed by atoms with Gasteiger partial charge < -0.3 is 0 Å². The summed E-state index contributed by atoms with van der Waals surface area (Å²) < 4.78 is -0.283. The van der Waals surface area contributed by atoms with Gasteiger partial charge in [-0.3, -0.25) is 14.5 Å². The summed E-state index contributed by atoms with van der Waals surface area (Å²) in [6.07, 6.45) is 0. The molecular formula is C9H3BrN2O. The molecule has 0 saturated carbocycles. The summed E-state index contributed by atoms with van der Waals surface area (Å²) in [5, 5.41) is 0. The Balaban J connectivity index is 3.33. The molecule has 1 rings (SSSR count). The monoisotopic (exact) mass is 234 g/mol. The van der Waals surface area contributed by atoms with Gasteiger partial charge in [0.05, 0.1) is 13.1 Å². The Morgan fingerprint density at radius 2 is 1.85 bits per heavy atom. The van der Waals surface area contributed by atoms with Crippen LogP contribution in [0.3, 0.4) is 0 Å². The van der Waals surface area contributed by atoms with Crippen molar-refractivity contribution in [3.63, 3.8) is 0 Å². The zero-order valence-corrected chi connectivity index (χ0v) is 8.00. The first-order chi connectivity index (χ1) is 6.19. The van der Waals surface area contributed by atoms with Crippen LogP contribution in [-0.4, -0.2) is 4.69 Å². The van der Waals surface area contributed by atoms with Crippen LogP contribution in [0.1, 0.15) is 10.4 Å². The van der Waals surface area contributed by atoms with Crippen LogP contribution in [0.5, 0.6) is 0 Å². The Hall–Kier alpha value is -1.65. The molecule has 1 aromatic rings. The standard InChI is InChI=1S/C9H3BrN2O/c1-11-7-4-3-6(9(10)13)5-8(7)12-2/h3-5H. The molecule has 0 aliphatic rings. The van der Waals surface area contributed by atoms with Gasteiger partial charge in [-0.15, -0.1) is 0 Å². The van der Waals surface area contributed by atoms with E-state index in [1.54, 1.807) is 0 Å². The molecule has 62 valence electrons. The maximum absolute atomic E-state index is 10.8. The first-order valence-electron chi connectivity index (χ1n) is 3.28. The van der Waals surface area contributed by atoms with Crippen molar-refractivity contribution in [1.82, 2.24) is 0 Å². The zero-order valence-electron chi connectivity index (χ0n) is 6.41. The fourth-order valence-corrected chi connectivity index (χ4v) is 1.08. The molecule has 0 amide bonds. The highest BCUT2D eigenvalue weighted by atomic mass is 79.9. The van der Waals surface area contributed by atoms with E-state index < -0.39 is 0 Å². The van der Waals surface area contributed by atoms with Gasteiger partial charge in [-0.05, 0) is 15.9 Å². The van der Waals surface area contributed by atoms with Crippen molar-refractivity contribution in [2.45, 2.75) is 0 Å². The number of carbonyl (C=O) groups excluding carboxylic acids is 1. The van der Waals surface area contributed by atoms with Gasteiger partial charge in [0.1, 0.15) is 0 Å². The summed E-state index contributed by atoms with van der Waals surface area (Å²) >= 11 is 2.77. The summed E-state index contributed by atoms with van der Waals surface area (Å²) in [5.74, 6) is 0. The largest absolute Gasteiger partial charge is 0.281 e. The number of rotatable bonds is 1. The molecular weight excluding hydrogens is 232 g/mol. The summed E-state index contributed by atoms with van der Waals surface area (Å²) in [5.41, 5.74) is 0.867. The molecule has 0 heterocycles. The Kier molecular flexibility index (Phi) is 2.79. The normalized spacial score (nSPS) is 8.54. The fraction of sp³-hybridized carbons (Fsp3) is 0. The van der Waals surface area contributed by atoms with Crippen LogP contribution in [0.4, 0.5) is 11.4 Å². The average Bonchev–Trinajstić information content (AvgIpc) is 2.16. The van der Waals surface area contributed by atoms with Crippen LogP contribution in [0, 0.1) is 13.1 Å².